The van der Waals surface area contributed by atoms with E-state index >= 15 is 0 Å². The zero-order chi connectivity index (χ0) is 17.5. The van der Waals surface area contributed by atoms with E-state index in [1.165, 1.54) is 0 Å². The predicted octanol–water partition coefficient (Wildman–Crippen LogP) is 2.03. The van der Waals surface area contributed by atoms with Crippen LogP contribution in [0.5, 0.6) is 11.5 Å². The van der Waals surface area contributed by atoms with Gasteiger partial charge in [-0.15, -0.1) is 0 Å². The summed E-state index contributed by atoms with van der Waals surface area (Å²) in [6, 6.07) is 5.60. The molecule has 1 aromatic rings. The molecule has 0 aliphatic heterocycles. The first kappa shape index (κ1) is 17.8. The van der Waals surface area contributed by atoms with E-state index in [0.29, 0.717) is 37.3 Å². The molecule has 130 valence electrons. The highest BCUT2D eigenvalue weighted by Gasteiger charge is 2.33. The van der Waals surface area contributed by atoms with Gasteiger partial charge in [0.05, 0.1) is 26.1 Å². The first-order valence-electron chi connectivity index (χ1n) is 7.93. The summed E-state index contributed by atoms with van der Waals surface area (Å²) in [6.45, 7) is 0.445. The number of carboxylic acid groups (broad SMARTS) is 1. The summed E-state index contributed by atoms with van der Waals surface area (Å²) in [5, 5.41) is 12.1. The number of methoxy groups -OCH3 is 2. The summed E-state index contributed by atoms with van der Waals surface area (Å²) in [5.41, 5.74) is 1.01. The van der Waals surface area contributed by atoms with Crippen LogP contribution in [-0.2, 0) is 16.0 Å². The minimum Gasteiger partial charge on any atom is -0.493 e. The first-order valence-corrected chi connectivity index (χ1v) is 7.93. The lowest BCUT2D eigenvalue weighted by Gasteiger charge is -2.24. The number of ether oxygens (including phenoxy) is 2. The molecule has 1 amide bonds. The van der Waals surface area contributed by atoms with Gasteiger partial charge in [0.25, 0.3) is 0 Å². The zero-order valence-electron chi connectivity index (χ0n) is 14.0. The lowest BCUT2D eigenvalue weighted by Crippen LogP contribution is -2.39. The fraction of sp³-hybridized carbons (Fsp3) is 0.444. The number of carbonyl (C=O) groups is 2. The van der Waals surface area contributed by atoms with Crippen molar-refractivity contribution in [1.29, 1.82) is 0 Å². The Bertz CT molecular complexity index is 626. The Kier molecular flexibility index (Phi) is 6.23. The Balaban J connectivity index is 1.90. The van der Waals surface area contributed by atoms with Gasteiger partial charge in [-0.1, -0.05) is 18.2 Å². The van der Waals surface area contributed by atoms with Crippen molar-refractivity contribution < 1.29 is 24.2 Å². The molecule has 0 saturated carbocycles. The number of nitrogens with one attached hydrogen (secondary N) is 1. The Morgan fingerprint density at radius 2 is 1.79 bits per heavy atom. The van der Waals surface area contributed by atoms with Gasteiger partial charge in [-0.2, -0.15) is 0 Å². The van der Waals surface area contributed by atoms with Crippen LogP contribution in [0.25, 0.3) is 0 Å². The molecule has 0 heterocycles. The molecule has 2 rings (SSSR count). The van der Waals surface area contributed by atoms with Crippen LogP contribution in [0.15, 0.2) is 30.4 Å². The van der Waals surface area contributed by atoms with Crippen LogP contribution in [0.3, 0.4) is 0 Å². The summed E-state index contributed by atoms with van der Waals surface area (Å²) >= 11 is 0. The van der Waals surface area contributed by atoms with Crippen LogP contribution in [0, 0.1) is 11.8 Å². The van der Waals surface area contributed by atoms with Crippen molar-refractivity contribution >= 4 is 11.9 Å². The molecule has 0 fully saturated rings. The molecule has 0 saturated heterocycles. The van der Waals surface area contributed by atoms with Gasteiger partial charge in [-0.25, -0.2) is 0 Å². The number of amides is 1. The molecule has 0 radical (unpaired) electrons. The number of carboxylic acids is 1. The fourth-order valence-electron chi connectivity index (χ4n) is 2.87. The van der Waals surface area contributed by atoms with E-state index in [4.69, 9.17) is 9.47 Å². The number of benzene rings is 1. The van der Waals surface area contributed by atoms with Crippen LogP contribution < -0.4 is 14.8 Å². The molecule has 1 aliphatic carbocycles. The first-order chi connectivity index (χ1) is 11.6. The molecule has 0 unspecified atom stereocenters. The van der Waals surface area contributed by atoms with Crippen molar-refractivity contribution in [2.75, 3.05) is 20.8 Å². The topological polar surface area (TPSA) is 84.9 Å². The minimum atomic E-state index is -0.917. The number of hydrogen-bond acceptors (Lipinski definition) is 4. The summed E-state index contributed by atoms with van der Waals surface area (Å²) in [5.74, 6) is -0.964. The van der Waals surface area contributed by atoms with Gasteiger partial charge in [-0.05, 0) is 37.0 Å². The largest absolute Gasteiger partial charge is 0.493 e. The summed E-state index contributed by atoms with van der Waals surface area (Å²) in [4.78, 5) is 23.5. The molecule has 6 heteroatoms. The van der Waals surface area contributed by atoms with E-state index in [-0.39, 0.29) is 5.91 Å². The van der Waals surface area contributed by atoms with E-state index in [2.05, 4.69) is 5.32 Å². The van der Waals surface area contributed by atoms with Crippen molar-refractivity contribution in [3.8, 4) is 11.5 Å². The molecular formula is C18H23NO5. The lowest BCUT2D eigenvalue weighted by atomic mass is 9.82. The van der Waals surface area contributed by atoms with Gasteiger partial charge in [-0.3, -0.25) is 9.59 Å². The SMILES string of the molecule is COc1ccc(CCNC(=O)[C@@H]2CC=CC[C@H]2C(=O)O)cc1OC. The quantitative estimate of drug-likeness (QED) is 0.746. The van der Waals surface area contributed by atoms with Gasteiger partial charge in [0.2, 0.25) is 5.91 Å². The highest BCUT2D eigenvalue weighted by Crippen LogP contribution is 2.28. The number of aliphatic carboxylic acids is 1. The van der Waals surface area contributed by atoms with Gasteiger partial charge in [0.1, 0.15) is 0 Å². The summed E-state index contributed by atoms with van der Waals surface area (Å²) < 4.78 is 10.4. The Labute approximate surface area is 141 Å². The Morgan fingerprint density at radius 3 is 2.42 bits per heavy atom. The van der Waals surface area contributed by atoms with E-state index in [0.717, 1.165) is 5.56 Å². The molecule has 0 bridgehead atoms. The summed E-state index contributed by atoms with van der Waals surface area (Å²) in [6.07, 6.45) is 5.21. The van der Waals surface area contributed by atoms with Crippen molar-refractivity contribution in [2.45, 2.75) is 19.3 Å². The number of allylic oxidation sites excluding steroid dienone is 2. The fourth-order valence-corrected chi connectivity index (χ4v) is 2.87. The second-order valence-electron chi connectivity index (χ2n) is 5.72. The van der Waals surface area contributed by atoms with Crippen molar-refractivity contribution in [3.63, 3.8) is 0 Å². The van der Waals surface area contributed by atoms with Gasteiger partial charge >= 0.3 is 5.97 Å². The maximum atomic E-state index is 12.3. The molecule has 2 N–H and O–H groups in total. The second-order valence-corrected chi connectivity index (χ2v) is 5.72. The van der Waals surface area contributed by atoms with Crippen molar-refractivity contribution in [3.05, 3.63) is 35.9 Å². The average Bonchev–Trinajstić information content (AvgIpc) is 2.61. The third-order valence-corrected chi connectivity index (χ3v) is 4.25. The minimum absolute atomic E-state index is 0.202. The van der Waals surface area contributed by atoms with Crippen LogP contribution in [0.1, 0.15) is 18.4 Å². The van der Waals surface area contributed by atoms with Crippen LogP contribution in [-0.4, -0.2) is 37.7 Å². The third kappa shape index (κ3) is 4.28. The molecular weight excluding hydrogens is 310 g/mol. The van der Waals surface area contributed by atoms with Crippen LogP contribution in [0.4, 0.5) is 0 Å². The Morgan fingerprint density at radius 1 is 1.12 bits per heavy atom. The van der Waals surface area contributed by atoms with Crippen molar-refractivity contribution in [1.82, 2.24) is 5.32 Å². The predicted molar refractivity (Wildman–Crippen MR) is 89.2 cm³/mol. The van der Waals surface area contributed by atoms with Gasteiger partial charge in [0.15, 0.2) is 11.5 Å². The highest BCUT2D eigenvalue weighted by molar-refractivity contribution is 5.85. The van der Waals surface area contributed by atoms with Gasteiger partial charge in [0, 0.05) is 6.54 Å². The molecule has 6 nitrogen and oxygen atoms in total. The maximum absolute atomic E-state index is 12.3. The second kappa shape index (κ2) is 8.38. The maximum Gasteiger partial charge on any atom is 0.307 e. The van der Waals surface area contributed by atoms with E-state index < -0.39 is 17.8 Å². The number of carbonyl (C=O) groups excluding carboxylic acids is 1. The normalized spacial score (nSPS) is 19.6. The lowest BCUT2D eigenvalue weighted by molar-refractivity contribution is -0.147. The number of hydrogen-bond donors (Lipinski definition) is 2. The van der Waals surface area contributed by atoms with Gasteiger partial charge < -0.3 is 19.9 Å². The summed E-state index contributed by atoms with van der Waals surface area (Å²) in [7, 11) is 3.15. The average molecular weight is 333 g/mol. The molecule has 1 aliphatic rings. The third-order valence-electron chi connectivity index (χ3n) is 4.25. The van der Waals surface area contributed by atoms with E-state index in [9.17, 15) is 14.7 Å². The monoisotopic (exact) mass is 333 g/mol. The molecule has 0 spiro atoms. The highest BCUT2D eigenvalue weighted by atomic mass is 16.5. The van der Waals surface area contributed by atoms with Crippen molar-refractivity contribution in [2.24, 2.45) is 11.8 Å². The van der Waals surface area contributed by atoms with E-state index in [1.807, 2.05) is 30.4 Å². The molecule has 2 atom stereocenters. The Hall–Kier alpha value is -2.50. The number of rotatable bonds is 7. The molecule has 0 aromatic heterocycles. The zero-order valence-corrected chi connectivity index (χ0v) is 14.0. The van der Waals surface area contributed by atoms with Crippen LogP contribution in [0.2, 0.25) is 0 Å². The van der Waals surface area contributed by atoms with Crippen LogP contribution >= 0.6 is 0 Å². The van der Waals surface area contributed by atoms with E-state index in [1.54, 1.807) is 14.2 Å². The smallest absolute Gasteiger partial charge is 0.307 e. The molecule has 24 heavy (non-hydrogen) atoms. The molecule has 1 aromatic carbocycles. The standard InChI is InChI=1S/C18H23NO5/c1-23-15-8-7-12(11-16(15)24-2)9-10-19-17(20)13-5-3-4-6-14(13)18(21)22/h3-4,7-8,11,13-14H,5-6,9-10H2,1-2H3,(H,19,20)(H,21,22)/t13-,14-/m1/s1.